The van der Waals surface area contributed by atoms with Gasteiger partial charge in [0.1, 0.15) is 5.82 Å². The van der Waals surface area contributed by atoms with Gasteiger partial charge < -0.3 is 5.32 Å². The van der Waals surface area contributed by atoms with E-state index in [2.05, 4.69) is 10.4 Å². The van der Waals surface area contributed by atoms with Gasteiger partial charge >= 0.3 is 0 Å². The summed E-state index contributed by atoms with van der Waals surface area (Å²) in [6.45, 7) is 1.92. The molecule has 1 amide bonds. The molecule has 2 aromatic carbocycles. The van der Waals surface area contributed by atoms with Crippen LogP contribution >= 0.6 is 0 Å². The lowest BCUT2D eigenvalue weighted by atomic mass is 10.1. The number of halogens is 1. The largest absolute Gasteiger partial charge is 0.352 e. The van der Waals surface area contributed by atoms with Crippen molar-refractivity contribution in [1.29, 1.82) is 0 Å². The molecule has 0 bridgehead atoms. The zero-order valence-electron chi connectivity index (χ0n) is 14.0. The summed E-state index contributed by atoms with van der Waals surface area (Å²) in [7, 11) is 1.56. The minimum atomic E-state index is -0.294. The highest BCUT2D eigenvalue weighted by molar-refractivity contribution is 5.88. The predicted octanol–water partition coefficient (Wildman–Crippen LogP) is 2.24. The van der Waals surface area contributed by atoms with Gasteiger partial charge in [-0.1, -0.05) is 30.3 Å². The van der Waals surface area contributed by atoms with Crippen molar-refractivity contribution in [1.82, 2.24) is 15.1 Å². The molecule has 6 heteroatoms. The van der Waals surface area contributed by atoms with Gasteiger partial charge in [-0.2, -0.15) is 5.10 Å². The number of hydrogen-bond donors (Lipinski definition) is 1. The molecule has 0 saturated carbocycles. The Balaban J connectivity index is 1.77. The molecule has 0 saturated heterocycles. The Morgan fingerprint density at radius 1 is 1.20 bits per heavy atom. The van der Waals surface area contributed by atoms with E-state index in [1.54, 1.807) is 50.4 Å². The van der Waals surface area contributed by atoms with E-state index in [1.807, 2.05) is 0 Å². The highest BCUT2D eigenvalue weighted by Gasteiger charge is 2.12. The molecule has 0 aliphatic heterocycles. The monoisotopic (exact) mass is 339 g/mol. The van der Waals surface area contributed by atoms with E-state index in [1.165, 1.54) is 10.7 Å². The summed E-state index contributed by atoms with van der Waals surface area (Å²) in [4.78, 5) is 24.3. The van der Waals surface area contributed by atoms with Crippen molar-refractivity contribution in [2.75, 3.05) is 0 Å². The maximum atomic E-state index is 13.6. The Bertz CT molecular complexity index is 1010. The number of aryl methyl sites for hydroxylation is 2. The second-order valence-corrected chi connectivity index (χ2v) is 5.96. The maximum absolute atomic E-state index is 13.6. The van der Waals surface area contributed by atoms with E-state index in [0.29, 0.717) is 27.6 Å². The van der Waals surface area contributed by atoms with Gasteiger partial charge in [0.25, 0.3) is 5.56 Å². The third kappa shape index (κ3) is 3.57. The molecule has 0 unspecified atom stereocenters. The molecule has 0 spiro atoms. The molecule has 0 aliphatic carbocycles. The molecule has 3 aromatic rings. The van der Waals surface area contributed by atoms with Gasteiger partial charge in [-0.3, -0.25) is 9.59 Å². The van der Waals surface area contributed by atoms with E-state index in [0.717, 1.165) is 0 Å². The van der Waals surface area contributed by atoms with Crippen LogP contribution in [0.3, 0.4) is 0 Å². The number of rotatable bonds is 4. The summed E-state index contributed by atoms with van der Waals surface area (Å²) < 4.78 is 14.8. The van der Waals surface area contributed by atoms with Gasteiger partial charge in [0.05, 0.1) is 17.5 Å². The average molecular weight is 339 g/mol. The van der Waals surface area contributed by atoms with Crippen LogP contribution in [0, 0.1) is 12.7 Å². The number of nitrogens with one attached hydrogen (secondary N) is 1. The molecule has 0 atom stereocenters. The van der Waals surface area contributed by atoms with E-state index < -0.39 is 0 Å². The molecular formula is C19H18FN3O2. The predicted molar refractivity (Wildman–Crippen MR) is 93.7 cm³/mol. The molecular weight excluding hydrogens is 321 g/mol. The molecule has 25 heavy (non-hydrogen) atoms. The molecule has 3 rings (SSSR count). The van der Waals surface area contributed by atoms with E-state index in [9.17, 15) is 14.0 Å². The maximum Gasteiger partial charge on any atom is 0.274 e. The van der Waals surface area contributed by atoms with Crippen LogP contribution in [0.5, 0.6) is 0 Å². The molecule has 0 radical (unpaired) electrons. The summed E-state index contributed by atoms with van der Waals surface area (Å²) in [5.74, 6) is -0.533. The lowest BCUT2D eigenvalue weighted by Crippen LogP contribution is -2.27. The van der Waals surface area contributed by atoms with Crippen LogP contribution in [0.4, 0.5) is 4.39 Å². The highest BCUT2D eigenvalue weighted by atomic mass is 19.1. The minimum absolute atomic E-state index is 0.0446. The summed E-state index contributed by atoms with van der Waals surface area (Å²) in [5.41, 5.74) is 1.59. The van der Waals surface area contributed by atoms with Gasteiger partial charge in [0, 0.05) is 19.0 Å². The van der Waals surface area contributed by atoms with Crippen molar-refractivity contribution in [3.63, 3.8) is 0 Å². The number of carbonyl (C=O) groups is 1. The molecule has 1 heterocycles. The van der Waals surface area contributed by atoms with Crippen LogP contribution < -0.4 is 10.9 Å². The van der Waals surface area contributed by atoms with Crippen molar-refractivity contribution in [3.8, 4) is 0 Å². The fourth-order valence-corrected chi connectivity index (χ4v) is 2.67. The van der Waals surface area contributed by atoms with Crippen LogP contribution in [0.15, 0.2) is 47.3 Å². The van der Waals surface area contributed by atoms with Gasteiger partial charge in [-0.15, -0.1) is 0 Å². The average Bonchev–Trinajstić information content (AvgIpc) is 2.60. The fraction of sp³-hybridized carbons (Fsp3) is 0.211. The van der Waals surface area contributed by atoms with Crippen LogP contribution in [0.25, 0.3) is 10.8 Å². The Morgan fingerprint density at radius 3 is 2.64 bits per heavy atom. The van der Waals surface area contributed by atoms with Gasteiger partial charge in [-0.25, -0.2) is 9.07 Å². The van der Waals surface area contributed by atoms with Crippen molar-refractivity contribution in [2.45, 2.75) is 19.9 Å². The Labute approximate surface area is 144 Å². The third-order valence-corrected chi connectivity index (χ3v) is 4.09. The number of fused-ring (bicyclic) bond motifs is 1. The molecule has 1 N–H and O–H groups in total. The minimum Gasteiger partial charge on any atom is -0.352 e. The quantitative estimate of drug-likeness (QED) is 0.793. The normalized spacial score (nSPS) is 10.8. The summed E-state index contributed by atoms with van der Waals surface area (Å²) in [6.07, 6.45) is 0.0446. The SMILES string of the molecule is Cc1ccc(CNC(=O)Cc2nn(C)c(=O)c3ccccc23)cc1F. The second-order valence-electron chi connectivity index (χ2n) is 5.96. The first-order valence-electron chi connectivity index (χ1n) is 7.92. The Kier molecular flexibility index (Phi) is 4.61. The zero-order chi connectivity index (χ0) is 18.0. The summed E-state index contributed by atoms with van der Waals surface area (Å²) >= 11 is 0. The fourth-order valence-electron chi connectivity index (χ4n) is 2.67. The van der Waals surface area contributed by atoms with E-state index in [4.69, 9.17) is 0 Å². The van der Waals surface area contributed by atoms with Gasteiger partial charge in [0.2, 0.25) is 5.91 Å². The topological polar surface area (TPSA) is 64.0 Å². The van der Waals surface area contributed by atoms with Crippen molar-refractivity contribution < 1.29 is 9.18 Å². The number of carbonyl (C=O) groups excluding carboxylic acids is 1. The van der Waals surface area contributed by atoms with Crippen LogP contribution in [-0.2, 0) is 24.8 Å². The lowest BCUT2D eigenvalue weighted by Gasteiger charge is -2.09. The standard InChI is InChI=1S/C19H18FN3O2/c1-12-7-8-13(9-16(12)20)11-21-18(24)10-17-14-5-3-4-6-15(14)19(25)23(2)22-17/h3-9H,10-11H2,1-2H3,(H,21,24). The highest BCUT2D eigenvalue weighted by Crippen LogP contribution is 2.14. The van der Waals surface area contributed by atoms with E-state index >= 15 is 0 Å². The molecule has 5 nitrogen and oxygen atoms in total. The molecule has 0 fully saturated rings. The lowest BCUT2D eigenvalue weighted by molar-refractivity contribution is -0.120. The zero-order valence-corrected chi connectivity index (χ0v) is 14.0. The van der Waals surface area contributed by atoms with Crippen LogP contribution in [0.2, 0.25) is 0 Å². The van der Waals surface area contributed by atoms with E-state index in [-0.39, 0.29) is 30.2 Å². The molecule has 1 aromatic heterocycles. The number of hydrogen-bond acceptors (Lipinski definition) is 3. The van der Waals surface area contributed by atoms with Crippen LogP contribution in [-0.4, -0.2) is 15.7 Å². The van der Waals surface area contributed by atoms with Crippen molar-refractivity contribution in [3.05, 3.63) is 75.5 Å². The second kappa shape index (κ2) is 6.84. The summed E-state index contributed by atoms with van der Waals surface area (Å²) in [5, 5.41) is 8.16. The van der Waals surface area contributed by atoms with Crippen molar-refractivity contribution >= 4 is 16.7 Å². The number of amides is 1. The number of benzene rings is 2. The molecule has 128 valence electrons. The number of nitrogens with zero attached hydrogens (tertiary/aromatic N) is 2. The first-order valence-corrected chi connectivity index (χ1v) is 7.92. The summed E-state index contributed by atoms with van der Waals surface area (Å²) in [6, 6.07) is 11.9. The van der Waals surface area contributed by atoms with Crippen LogP contribution in [0.1, 0.15) is 16.8 Å². The smallest absolute Gasteiger partial charge is 0.274 e. The first kappa shape index (κ1) is 16.8. The Hall–Kier alpha value is -3.02. The van der Waals surface area contributed by atoms with Gasteiger partial charge in [-0.05, 0) is 30.2 Å². The Morgan fingerprint density at radius 2 is 1.92 bits per heavy atom. The van der Waals surface area contributed by atoms with Crippen molar-refractivity contribution in [2.24, 2.45) is 7.05 Å². The molecule has 0 aliphatic rings. The third-order valence-electron chi connectivity index (χ3n) is 4.09. The van der Waals surface area contributed by atoms with Gasteiger partial charge in [0.15, 0.2) is 0 Å². The first-order chi connectivity index (χ1) is 12.0. The number of aromatic nitrogens is 2.